The van der Waals surface area contributed by atoms with Gasteiger partial charge in [-0.25, -0.2) is 5.43 Å². The van der Waals surface area contributed by atoms with Crippen molar-refractivity contribution < 1.29 is 27.5 Å². The van der Waals surface area contributed by atoms with Crippen LogP contribution in [0.4, 0.5) is 13.2 Å². The van der Waals surface area contributed by atoms with Gasteiger partial charge < -0.3 is 15.8 Å². The number of aromatic nitrogens is 2. The Hall–Kier alpha value is -2.82. The highest BCUT2D eigenvalue weighted by Gasteiger charge is 2.31. The number of alkyl halides is 3. The standard InChI is InChI=1S/C15H18F3N5O3/c1-2-3-11(19)14(25)20-7-13(24)22-23-8-9-4-5-10(6-12(9)21-23)26-15(16,17)18/h4-6,8,11H,2-3,7,19H2,1H3,(H,20,25)(H,22,24). The average molecular weight is 373 g/mol. The first-order valence-corrected chi connectivity index (χ1v) is 7.76. The van der Waals surface area contributed by atoms with Crippen LogP contribution in [-0.4, -0.2) is 40.7 Å². The van der Waals surface area contributed by atoms with Crippen molar-refractivity contribution in [2.24, 2.45) is 5.73 Å². The summed E-state index contributed by atoms with van der Waals surface area (Å²) in [6.45, 7) is 1.57. The lowest BCUT2D eigenvalue weighted by atomic mass is 10.2. The zero-order chi connectivity index (χ0) is 19.3. The van der Waals surface area contributed by atoms with Crippen molar-refractivity contribution in [3.63, 3.8) is 0 Å². The summed E-state index contributed by atoms with van der Waals surface area (Å²) in [5.74, 6) is -1.43. The Kier molecular flexibility index (Phi) is 6.03. The smallest absolute Gasteiger partial charge is 0.406 e. The number of fused-ring (bicyclic) bond motifs is 1. The summed E-state index contributed by atoms with van der Waals surface area (Å²) in [5.41, 5.74) is 8.19. The first-order valence-electron chi connectivity index (χ1n) is 7.76. The van der Waals surface area contributed by atoms with Crippen molar-refractivity contribution >= 4 is 22.7 Å². The Labute approximate surface area is 146 Å². The van der Waals surface area contributed by atoms with Gasteiger partial charge >= 0.3 is 6.36 Å². The lowest BCUT2D eigenvalue weighted by Crippen LogP contribution is -2.44. The van der Waals surface area contributed by atoms with Crippen molar-refractivity contribution in [2.45, 2.75) is 32.2 Å². The normalized spacial score (nSPS) is 12.7. The molecule has 0 spiro atoms. The molecule has 1 unspecified atom stereocenters. The van der Waals surface area contributed by atoms with E-state index < -0.39 is 30.0 Å². The van der Waals surface area contributed by atoms with Crippen LogP contribution in [0, 0.1) is 0 Å². The number of amides is 2. The van der Waals surface area contributed by atoms with Crippen molar-refractivity contribution in [1.82, 2.24) is 15.2 Å². The van der Waals surface area contributed by atoms with Crippen molar-refractivity contribution in [2.75, 3.05) is 12.0 Å². The van der Waals surface area contributed by atoms with E-state index in [1.165, 1.54) is 12.3 Å². The maximum Gasteiger partial charge on any atom is 0.573 e. The highest BCUT2D eigenvalue weighted by molar-refractivity contribution is 5.91. The second-order valence-corrected chi connectivity index (χ2v) is 5.49. The van der Waals surface area contributed by atoms with E-state index >= 15 is 0 Å². The third-order valence-corrected chi connectivity index (χ3v) is 3.31. The van der Waals surface area contributed by atoms with Crippen LogP contribution >= 0.6 is 0 Å². The number of benzene rings is 1. The number of nitrogens with one attached hydrogen (secondary N) is 2. The average Bonchev–Trinajstić information content (AvgIpc) is 2.92. The van der Waals surface area contributed by atoms with E-state index in [9.17, 15) is 22.8 Å². The SMILES string of the molecule is CCCC(N)C(=O)NCC(=O)Nn1cc2ccc(OC(F)(F)F)cc2n1. The number of halogens is 3. The molecule has 4 N–H and O–H groups in total. The fraction of sp³-hybridized carbons (Fsp3) is 0.400. The van der Waals surface area contributed by atoms with E-state index in [0.717, 1.165) is 23.3 Å². The maximum absolute atomic E-state index is 12.2. The Morgan fingerprint density at radius 3 is 2.77 bits per heavy atom. The summed E-state index contributed by atoms with van der Waals surface area (Å²) < 4.78 is 40.5. The van der Waals surface area contributed by atoms with Crippen LogP contribution in [0.5, 0.6) is 5.75 Å². The van der Waals surface area contributed by atoms with Gasteiger partial charge in [0.2, 0.25) is 5.91 Å². The zero-order valence-corrected chi connectivity index (χ0v) is 13.8. The van der Waals surface area contributed by atoms with E-state index in [4.69, 9.17) is 5.73 Å². The molecule has 1 aromatic carbocycles. The molecule has 8 nitrogen and oxygen atoms in total. The molecule has 11 heteroatoms. The Morgan fingerprint density at radius 1 is 1.38 bits per heavy atom. The summed E-state index contributed by atoms with van der Waals surface area (Å²) >= 11 is 0. The lowest BCUT2D eigenvalue weighted by Gasteiger charge is -2.11. The highest BCUT2D eigenvalue weighted by Crippen LogP contribution is 2.25. The van der Waals surface area contributed by atoms with Gasteiger partial charge in [-0.1, -0.05) is 13.3 Å². The molecular formula is C15H18F3N5O3. The molecule has 0 saturated heterocycles. The maximum atomic E-state index is 12.2. The van der Waals surface area contributed by atoms with Crippen LogP contribution in [0.25, 0.3) is 10.9 Å². The van der Waals surface area contributed by atoms with Crippen LogP contribution in [0.15, 0.2) is 24.4 Å². The van der Waals surface area contributed by atoms with Crippen molar-refractivity contribution in [3.05, 3.63) is 24.4 Å². The summed E-state index contributed by atoms with van der Waals surface area (Å²) in [6, 6.07) is 2.92. The molecule has 0 fully saturated rings. The van der Waals surface area contributed by atoms with Gasteiger partial charge in [0, 0.05) is 11.5 Å². The molecule has 142 valence electrons. The summed E-state index contributed by atoms with van der Waals surface area (Å²) in [5, 5.41) is 6.82. The molecule has 0 radical (unpaired) electrons. The monoisotopic (exact) mass is 373 g/mol. The number of ether oxygens (including phenoxy) is 1. The summed E-state index contributed by atoms with van der Waals surface area (Å²) in [6.07, 6.45) is -2.16. The van der Waals surface area contributed by atoms with E-state index in [1.54, 1.807) is 0 Å². The van der Waals surface area contributed by atoms with Gasteiger partial charge in [0.05, 0.1) is 24.3 Å². The fourth-order valence-corrected chi connectivity index (χ4v) is 2.16. The van der Waals surface area contributed by atoms with Crippen LogP contribution < -0.4 is 21.2 Å². The minimum absolute atomic E-state index is 0.195. The van der Waals surface area contributed by atoms with Crippen LogP contribution in [0.1, 0.15) is 19.8 Å². The molecule has 1 atom stereocenters. The van der Waals surface area contributed by atoms with Gasteiger partial charge in [-0.15, -0.1) is 13.2 Å². The molecule has 0 aliphatic carbocycles. The van der Waals surface area contributed by atoms with Gasteiger partial charge in [-0.3, -0.25) is 9.59 Å². The molecule has 0 bridgehead atoms. The van der Waals surface area contributed by atoms with Crippen molar-refractivity contribution in [1.29, 1.82) is 0 Å². The summed E-state index contributed by atoms with van der Waals surface area (Å²) in [7, 11) is 0. The molecule has 26 heavy (non-hydrogen) atoms. The Bertz CT molecular complexity index is 790. The van der Waals surface area contributed by atoms with Gasteiger partial charge in [-0.05, 0) is 18.6 Å². The van der Waals surface area contributed by atoms with E-state index in [1.807, 2.05) is 6.92 Å². The third kappa shape index (κ3) is 5.62. The third-order valence-electron chi connectivity index (χ3n) is 3.31. The molecule has 1 heterocycles. The molecule has 1 aromatic heterocycles. The van der Waals surface area contributed by atoms with E-state index in [-0.39, 0.29) is 12.1 Å². The molecule has 2 aromatic rings. The van der Waals surface area contributed by atoms with E-state index in [2.05, 4.69) is 20.6 Å². The minimum Gasteiger partial charge on any atom is -0.406 e. The van der Waals surface area contributed by atoms with Crippen LogP contribution in [-0.2, 0) is 9.59 Å². The molecule has 0 aliphatic heterocycles. The number of hydrogen-bond acceptors (Lipinski definition) is 5. The number of nitrogens with zero attached hydrogens (tertiary/aromatic N) is 2. The zero-order valence-electron chi connectivity index (χ0n) is 13.8. The summed E-state index contributed by atoms with van der Waals surface area (Å²) in [4.78, 5) is 24.5. The number of nitrogens with two attached hydrogens (primary N) is 1. The molecule has 0 saturated carbocycles. The fourth-order valence-electron chi connectivity index (χ4n) is 2.16. The van der Waals surface area contributed by atoms with Gasteiger partial charge in [0.25, 0.3) is 5.91 Å². The number of rotatable bonds is 7. The predicted octanol–water partition coefficient (Wildman–Crippen LogP) is 1.25. The molecule has 2 rings (SSSR count). The Morgan fingerprint density at radius 2 is 2.12 bits per heavy atom. The number of carbonyl (C=O) groups excluding carboxylic acids is 2. The Balaban J connectivity index is 1.95. The van der Waals surface area contributed by atoms with Crippen molar-refractivity contribution in [3.8, 4) is 5.75 Å². The largest absolute Gasteiger partial charge is 0.573 e. The highest BCUT2D eigenvalue weighted by atomic mass is 19.4. The number of hydrogen-bond donors (Lipinski definition) is 3. The quantitative estimate of drug-likeness (QED) is 0.676. The second-order valence-electron chi connectivity index (χ2n) is 5.49. The lowest BCUT2D eigenvalue weighted by molar-refractivity contribution is -0.274. The van der Waals surface area contributed by atoms with Crippen LogP contribution in [0.2, 0.25) is 0 Å². The first-order chi connectivity index (χ1) is 12.2. The van der Waals surface area contributed by atoms with Gasteiger partial charge in [0.1, 0.15) is 5.75 Å². The first kappa shape index (κ1) is 19.5. The second kappa shape index (κ2) is 8.04. The molecular weight excluding hydrogens is 355 g/mol. The van der Waals surface area contributed by atoms with Crippen LogP contribution in [0.3, 0.4) is 0 Å². The minimum atomic E-state index is -4.80. The van der Waals surface area contributed by atoms with E-state index in [0.29, 0.717) is 11.8 Å². The van der Waals surface area contributed by atoms with Gasteiger partial charge in [0.15, 0.2) is 0 Å². The topological polar surface area (TPSA) is 111 Å². The number of carbonyl (C=O) groups is 2. The predicted molar refractivity (Wildman–Crippen MR) is 86.7 cm³/mol. The molecule has 2 amide bonds. The molecule has 0 aliphatic rings. The van der Waals surface area contributed by atoms with Gasteiger partial charge in [-0.2, -0.15) is 9.89 Å².